The SMILES string of the molecule is CNCCCCCCOc1ccc(C(NC)c2ccc(Br)cc2)c(F)c1. The number of benzene rings is 2. The first-order chi connectivity index (χ1) is 12.7. The lowest BCUT2D eigenvalue weighted by Crippen LogP contribution is -2.19. The van der Waals surface area contributed by atoms with Gasteiger partial charge in [-0.2, -0.15) is 0 Å². The lowest BCUT2D eigenvalue weighted by Gasteiger charge is -2.19. The lowest BCUT2D eigenvalue weighted by molar-refractivity contribution is 0.303. The molecular weight excluding hydrogens is 395 g/mol. The van der Waals surface area contributed by atoms with Crippen LogP contribution >= 0.6 is 15.9 Å². The van der Waals surface area contributed by atoms with Gasteiger partial charge >= 0.3 is 0 Å². The van der Waals surface area contributed by atoms with Crippen LogP contribution < -0.4 is 15.4 Å². The molecule has 0 aliphatic rings. The standard InChI is InChI=1S/C21H28BrFN2O/c1-24-13-5-3-4-6-14-26-18-11-12-19(20(23)15-18)21(25-2)16-7-9-17(22)10-8-16/h7-12,15,21,24-25H,3-6,13-14H2,1-2H3. The van der Waals surface area contributed by atoms with E-state index in [2.05, 4.69) is 26.6 Å². The molecule has 0 saturated carbocycles. The van der Waals surface area contributed by atoms with Gasteiger partial charge in [0.1, 0.15) is 11.6 Å². The summed E-state index contributed by atoms with van der Waals surface area (Å²) in [5.41, 5.74) is 1.64. The minimum Gasteiger partial charge on any atom is -0.493 e. The smallest absolute Gasteiger partial charge is 0.132 e. The van der Waals surface area contributed by atoms with Gasteiger partial charge in [0.15, 0.2) is 0 Å². The molecule has 26 heavy (non-hydrogen) atoms. The quantitative estimate of drug-likeness (QED) is 0.496. The summed E-state index contributed by atoms with van der Waals surface area (Å²) in [7, 11) is 3.81. The van der Waals surface area contributed by atoms with Crippen LogP contribution in [0.2, 0.25) is 0 Å². The molecule has 2 N–H and O–H groups in total. The number of hydrogen-bond acceptors (Lipinski definition) is 3. The molecule has 0 aromatic heterocycles. The van der Waals surface area contributed by atoms with Crippen molar-refractivity contribution in [3.63, 3.8) is 0 Å². The third-order valence-electron chi connectivity index (χ3n) is 4.36. The largest absolute Gasteiger partial charge is 0.493 e. The average molecular weight is 423 g/mol. The third kappa shape index (κ3) is 6.38. The van der Waals surface area contributed by atoms with E-state index in [4.69, 9.17) is 4.74 Å². The van der Waals surface area contributed by atoms with Crippen LogP contribution in [0.25, 0.3) is 0 Å². The van der Waals surface area contributed by atoms with Crippen LogP contribution in [-0.2, 0) is 0 Å². The number of hydrogen-bond donors (Lipinski definition) is 2. The molecule has 0 spiro atoms. The van der Waals surface area contributed by atoms with Gasteiger partial charge in [-0.1, -0.05) is 47.0 Å². The summed E-state index contributed by atoms with van der Waals surface area (Å²) in [4.78, 5) is 0. The Balaban J connectivity index is 1.92. The van der Waals surface area contributed by atoms with Crippen molar-refractivity contribution >= 4 is 15.9 Å². The highest BCUT2D eigenvalue weighted by atomic mass is 79.9. The highest BCUT2D eigenvalue weighted by Gasteiger charge is 2.16. The molecule has 0 heterocycles. The Kier molecular flexibility index (Phi) is 9.09. The Morgan fingerprint density at radius 1 is 1.00 bits per heavy atom. The van der Waals surface area contributed by atoms with E-state index in [0.29, 0.717) is 17.9 Å². The van der Waals surface area contributed by atoms with E-state index in [1.54, 1.807) is 6.07 Å². The number of rotatable bonds is 11. The van der Waals surface area contributed by atoms with Crippen LogP contribution in [-0.4, -0.2) is 27.2 Å². The number of unbranched alkanes of at least 4 members (excludes halogenated alkanes) is 3. The molecule has 1 unspecified atom stereocenters. The molecule has 2 aromatic rings. The average Bonchev–Trinajstić information content (AvgIpc) is 2.64. The summed E-state index contributed by atoms with van der Waals surface area (Å²) in [6.45, 7) is 1.68. The van der Waals surface area contributed by atoms with Gasteiger partial charge < -0.3 is 15.4 Å². The minimum atomic E-state index is -0.251. The van der Waals surface area contributed by atoms with Crippen molar-refractivity contribution < 1.29 is 9.13 Å². The summed E-state index contributed by atoms with van der Waals surface area (Å²) in [5.74, 6) is 0.339. The Morgan fingerprint density at radius 2 is 1.73 bits per heavy atom. The summed E-state index contributed by atoms with van der Waals surface area (Å²) < 4.78 is 21.3. The summed E-state index contributed by atoms with van der Waals surface area (Å²) >= 11 is 3.43. The molecule has 142 valence electrons. The van der Waals surface area contributed by atoms with Crippen molar-refractivity contribution in [2.75, 3.05) is 27.2 Å². The Hall–Kier alpha value is -1.43. The van der Waals surface area contributed by atoms with Gasteiger partial charge in [0.2, 0.25) is 0 Å². The van der Waals surface area contributed by atoms with Gasteiger partial charge in [-0.3, -0.25) is 0 Å². The maximum atomic E-state index is 14.6. The van der Waals surface area contributed by atoms with Crippen molar-refractivity contribution in [3.8, 4) is 5.75 Å². The Labute approximate surface area is 164 Å². The monoisotopic (exact) mass is 422 g/mol. The highest BCUT2D eigenvalue weighted by Crippen LogP contribution is 2.28. The van der Waals surface area contributed by atoms with Crippen molar-refractivity contribution in [2.24, 2.45) is 0 Å². The van der Waals surface area contributed by atoms with E-state index in [9.17, 15) is 4.39 Å². The van der Waals surface area contributed by atoms with Gasteiger partial charge in [-0.05, 0) is 57.2 Å². The molecule has 0 bridgehead atoms. The van der Waals surface area contributed by atoms with Gasteiger partial charge in [-0.25, -0.2) is 4.39 Å². The molecule has 0 fully saturated rings. The van der Waals surface area contributed by atoms with E-state index in [-0.39, 0.29) is 11.9 Å². The number of halogens is 2. The summed E-state index contributed by atoms with van der Waals surface area (Å²) in [6, 6.07) is 12.9. The highest BCUT2D eigenvalue weighted by molar-refractivity contribution is 9.10. The fourth-order valence-corrected chi connectivity index (χ4v) is 3.20. The normalized spacial score (nSPS) is 12.2. The lowest BCUT2D eigenvalue weighted by atomic mass is 9.98. The van der Waals surface area contributed by atoms with Gasteiger partial charge in [0.05, 0.1) is 12.6 Å². The van der Waals surface area contributed by atoms with E-state index in [1.165, 1.54) is 18.9 Å². The molecule has 3 nitrogen and oxygen atoms in total. The molecule has 0 aliphatic carbocycles. The minimum absolute atomic E-state index is 0.190. The third-order valence-corrected chi connectivity index (χ3v) is 4.89. The van der Waals surface area contributed by atoms with E-state index < -0.39 is 0 Å². The molecule has 0 radical (unpaired) electrons. The second kappa shape index (κ2) is 11.3. The first-order valence-corrected chi connectivity index (χ1v) is 9.94. The van der Waals surface area contributed by atoms with Crippen LogP contribution in [0.4, 0.5) is 4.39 Å². The van der Waals surface area contributed by atoms with Crippen LogP contribution in [0.3, 0.4) is 0 Å². The maximum Gasteiger partial charge on any atom is 0.132 e. The molecule has 1 atom stereocenters. The van der Waals surface area contributed by atoms with Crippen molar-refractivity contribution in [1.29, 1.82) is 0 Å². The second-order valence-electron chi connectivity index (χ2n) is 6.32. The van der Waals surface area contributed by atoms with Crippen LogP contribution in [0, 0.1) is 5.82 Å². The Bertz CT molecular complexity index is 664. The topological polar surface area (TPSA) is 33.3 Å². The van der Waals surface area contributed by atoms with Crippen molar-refractivity contribution in [1.82, 2.24) is 10.6 Å². The molecular formula is C21H28BrFN2O. The number of nitrogens with one attached hydrogen (secondary N) is 2. The molecule has 2 aromatic carbocycles. The van der Waals surface area contributed by atoms with Gasteiger partial charge in [0.25, 0.3) is 0 Å². The second-order valence-corrected chi connectivity index (χ2v) is 7.24. The predicted octanol–water partition coefficient (Wildman–Crippen LogP) is 5.06. The van der Waals surface area contributed by atoms with Crippen molar-refractivity contribution in [3.05, 3.63) is 63.9 Å². The molecule has 2 rings (SSSR count). The zero-order valence-corrected chi connectivity index (χ0v) is 17.1. The maximum absolute atomic E-state index is 14.6. The fraction of sp³-hybridized carbons (Fsp3) is 0.429. The molecule has 0 saturated heterocycles. The molecule has 0 amide bonds. The zero-order chi connectivity index (χ0) is 18.8. The Morgan fingerprint density at radius 3 is 2.38 bits per heavy atom. The predicted molar refractivity (Wildman–Crippen MR) is 109 cm³/mol. The first-order valence-electron chi connectivity index (χ1n) is 9.15. The molecule has 0 aliphatic heterocycles. The van der Waals surface area contributed by atoms with E-state index in [0.717, 1.165) is 29.4 Å². The summed E-state index contributed by atoms with van der Waals surface area (Å²) in [5, 5.41) is 6.33. The zero-order valence-electron chi connectivity index (χ0n) is 15.5. The summed E-state index contributed by atoms with van der Waals surface area (Å²) in [6.07, 6.45) is 4.49. The van der Waals surface area contributed by atoms with E-state index in [1.807, 2.05) is 44.4 Å². The van der Waals surface area contributed by atoms with Gasteiger partial charge in [-0.15, -0.1) is 0 Å². The molecule has 5 heteroatoms. The van der Waals surface area contributed by atoms with Crippen LogP contribution in [0.1, 0.15) is 42.9 Å². The van der Waals surface area contributed by atoms with Crippen LogP contribution in [0.5, 0.6) is 5.75 Å². The fourth-order valence-electron chi connectivity index (χ4n) is 2.94. The first kappa shape index (κ1) is 20.9. The van der Waals surface area contributed by atoms with E-state index >= 15 is 0 Å². The number of ether oxygens (including phenoxy) is 1. The van der Waals surface area contributed by atoms with Gasteiger partial charge in [0, 0.05) is 16.1 Å². The van der Waals surface area contributed by atoms with Crippen LogP contribution in [0.15, 0.2) is 46.9 Å². The van der Waals surface area contributed by atoms with Crippen molar-refractivity contribution in [2.45, 2.75) is 31.7 Å².